The second kappa shape index (κ2) is 7.57. The summed E-state index contributed by atoms with van der Waals surface area (Å²) in [5, 5.41) is 4.32. The van der Waals surface area contributed by atoms with E-state index in [1.807, 2.05) is 34.7 Å². The zero-order valence-corrected chi connectivity index (χ0v) is 14.3. The molecule has 0 radical (unpaired) electrons. The van der Waals surface area contributed by atoms with Crippen molar-refractivity contribution in [2.45, 2.75) is 45.9 Å². The van der Waals surface area contributed by atoms with Gasteiger partial charge in [0.05, 0.1) is 30.2 Å². The predicted octanol–water partition coefficient (Wildman–Crippen LogP) is 2.43. The molecule has 0 N–H and O–H groups in total. The van der Waals surface area contributed by atoms with Gasteiger partial charge in [-0.05, 0) is 31.9 Å². The third-order valence-corrected chi connectivity index (χ3v) is 4.39. The fourth-order valence-electron chi connectivity index (χ4n) is 3.00. The van der Waals surface area contributed by atoms with Crippen LogP contribution >= 0.6 is 0 Å². The summed E-state index contributed by atoms with van der Waals surface area (Å²) in [6.07, 6.45) is 5.39. The lowest BCUT2D eigenvalue weighted by molar-refractivity contribution is 0.0421. The van der Waals surface area contributed by atoms with Gasteiger partial charge in [-0.15, -0.1) is 0 Å². The van der Waals surface area contributed by atoms with Gasteiger partial charge in [0, 0.05) is 31.5 Å². The van der Waals surface area contributed by atoms with Crippen molar-refractivity contribution in [3.05, 3.63) is 47.5 Å². The zero-order chi connectivity index (χ0) is 16.9. The smallest absolute Gasteiger partial charge is 0.257 e. The molecule has 1 aliphatic heterocycles. The Kier molecular flexibility index (Phi) is 5.25. The molecule has 1 unspecified atom stereocenters. The summed E-state index contributed by atoms with van der Waals surface area (Å²) in [5.74, 6) is 0.0544. The lowest BCUT2D eigenvalue weighted by Gasteiger charge is -2.16. The molecule has 24 heavy (non-hydrogen) atoms. The molecule has 0 aromatic carbocycles. The minimum atomic E-state index is 0.0544. The Bertz CT molecular complexity index is 684. The van der Waals surface area contributed by atoms with E-state index in [2.05, 4.69) is 17.0 Å². The highest BCUT2D eigenvalue weighted by Crippen LogP contribution is 2.19. The van der Waals surface area contributed by atoms with Crippen molar-refractivity contribution >= 4 is 5.91 Å². The Morgan fingerprint density at radius 2 is 2.29 bits per heavy atom. The molecule has 2 aromatic rings. The maximum Gasteiger partial charge on any atom is 0.257 e. The highest BCUT2D eigenvalue weighted by Gasteiger charge is 2.29. The number of amides is 1. The molecular weight excluding hydrogens is 304 g/mol. The first kappa shape index (κ1) is 16.6. The van der Waals surface area contributed by atoms with Crippen molar-refractivity contribution in [2.24, 2.45) is 0 Å². The van der Waals surface area contributed by atoms with E-state index < -0.39 is 0 Å². The van der Waals surface area contributed by atoms with Gasteiger partial charge in [0.2, 0.25) is 0 Å². The molecule has 6 heteroatoms. The van der Waals surface area contributed by atoms with Crippen molar-refractivity contribution < 1.29 is 9.53 Å². The topological polar surface area (TPSA) is 60.2 Å². The highest BCUT2D eigenvalue weighted by atomic mass is 16.5. The van der Waals surface area contributed by atoms with E-state index in [0.717, 1.165) is 37.3 Å². The minimum Gasteiger partial charge on any atom is -0.370 e. The normalized spacial score (nSPS) is 17.4. The van der Waals surface area contributed by atoms with Crippen LogP contribution in [-0.2, 0) is 17.9 Å². The van der Waals surface area contributed by atoms with E-state index in [1.165, 1.54) is 0 Å². The summed E-state index contributed by atoms with van der Waals surface area (Å²) in [7, 11) is 0. The van der Waals surface area contributed by atoms with Crippen LogP contribution in [0.25, 0.3) is 0 Å². The monoisotopic (exact) mass is 328 g/mol. The molecule has 1 atom stereocenters. The van der Waals surface area contributed by atoms with Gasteiger partial charge in [0.25, 0.3) is 5.91 Å². The number of nitrogens with zero attached hydrogens (tertiary/aromatic N) is 4. The Morgan fingerprint density at radius 3 is 3.04 bits per heavy atom. The summed E-state index contributed by atoms with van der Waals surface area (Å²) in [6.45, 7) is 6.75. The van der Waals surface area contributed by atoms with Crippen LogP contribution < -0.4 is 0 Å². The molecule has 0 bridgehead atoms. The van der Waals surface area contributed by atoms with Crippen LogP contribution in [0.15, 0.2) is 30.6 Å². The molecule has 0 spiro atoms. The Hall–Kier alpha value is -2.21. The zero-order valence-electron chi connectivity index (χ0n) is 14.3. The van der Waals surface area contributed by atoms with Gasteiger partial charge in [-0.2, -0.15) is 5.10 Å². The van der Waals surface area contributed by atoms with E-state index >= 15 is 0 Å². The molecular formula is C18H24N4O2. The van der Waals surface area contributed by atoms with E-state index in [1.54, 1.807) is 12.4 Å². The maximum absolute atomic E-state index is 12.7. The first-order valence-corrected chi connectivity index (χ1v) is 8.52. The molecule has 1 aliphatic rings. The average molecular weight is 328 g/mol. The first-order chi connectivity index (χ1) is 11.7. The Morgan fingerprint density at radius 1 is 1.42 bits per heavy atom. The summed E-state index contributed by atoms with van der Waals surface area (Å²) in [5.41, 5.74) is 2.56. The standard InChI is InChI=1S/C18H24N4O2/c1-3-9-22-14(2)17(11-20-22)18(23)21-10-7-16(12-21)24-13-15-6-4-5-8-19-15/h4-6,8,11,16H,3,7,9-10,12-13H2,1-2H3. The number of hydrogen-bond donors (Lipinski definition) is 0. The van der Waals surface area contributed by atoms with Crippen molar-refractivity contribution in [1.29, 1.82) is 0 Å². The van der Waals surface area contributed by atoms with Gasteiger partial charge in [0.15, 0.2) is 0 Å². The van der Waals surface area contributed by atoms with Crippen molar-refractivity contribution in [3.8, 4) is 0 Å². The third kappa shape index (κ3) is 3.64. The van der Waals surface area contributed by atoms with Gasteiger partial charge in [0.1, 0.15) is 0 Å². The molecule has 0 saturated carbocycles. The average Bonchev–Trinajstić information content (AvgIpc) is 3.22. The third-order valence-electron chi connectivity index (χ3n) is 4.39. The molecule has 1 amide bonds. The number of aromatic nitrogens is 3. The van der Waals surface area contributed by atoms with Crippen molar-refractivity contribution in [3.63, 3.8) is 0 Å². The van der Waals surface area contributed by atoms with Crippen LogP contribution in [0.4, 0.5) is 0 Å². The number of aryl methyl sites for hydroxylation is 1. The summed E-state index contributed by atoms with van der Waals surface area (Å²) >= 11 is 0. The summed E-state index contributed by atoms with van der Waals surface area (Å²) in [6, 6.07) is 5.79. The molecule has 1 fully saturated rings. The highest BCUT2D eigenvalue weighted by molar-refractivity contribution is 5.95. The quantitative estimate of drug-likeness (QED) is 0.817. The summed E-state index contributed by atoms with van der Waals surface area (Å²) in [4.78, 5) is 18.8. The largest absolute Gasteiger partial charge is 0.370 e. The van der Waals surface area contributed by atoms with Crippen LogP contribution in [0.1, 0.15) is 41.5 Å². The van der Waals surface area contributed by atoms with E-state index in [0.29, 0.717) is 18.7 Å². The van der Waals surface area contributed by atoms with E-state index in [4.69, 9.17) is 4.74 Å². The van der Waals surface area contributed by atoms with Crippen LogP contribution in [0.3, 0.4) is 0 Å². The Balaban J connectivity index is 1.56. The van der Waals surface area contributed by atoms with Crippen molar-refractivity contribution in [1.82, 2.24) is 19.7 Å². The van der Waals surface area contributed by atoms with Crippen LogP contribution in [0, 0.1) is 6.92 Å². The van der Waals surface area contributed by atoms with Crippen molar-refractivity contribution in [2.75, 3.05) is 13.1 Å². The number of ether oxygens (including phenoxy) is 1. The number of carbonyl (C=O) groups is 1. The second-order valence-corrected chi connectivity index (χ2v) is 6.16. The number of carbonyl (C=O) groups excluding carboxylic acids is 1. The lowest BCUT2D eigenvalue weighted by atomic mass is 10.2. The molecule has 6 nitrogen and oxygen atoms in total. The second-order valence-electron chi connectivity index (χ2n) is 6.16. The van der Waals surface area contributed by atoms with Crippen LogP contribution in [0.2, 0.25) is 0 Å². The van der Waals surface area contributed by atoms with E-state index in [-0.39, 0.29) is 12.0 Å². The maximum atomic E-state index is 12.7. The minimum absolute atomic E-state index is 0.0544. The lowest BCUT2D eigenvalue weighted by Crippen LogP contribution is -2.30. The van der Waals surface area contributed by atoms with Gasteiger partial charge in [-0.25, -0.2) is 0 Å². The SMILES string of the molecule is CCCn1ncc(C(=O)N2CCC(OCc3ccccn3)C2)c1C. The van der Waals surface area contributed by atoms with Crippen LogP contribution in [-0.4, -0.2) is 44.8 Å². The van der Waals surface area contributed by atoms with Gasteiger partial charge in [-0.1, -0.05) is 13.0 Å². The molecule has 2 aromatic heterocycles. The molecule has 1 saturated heterocycles. The predicted molar refractivity (Wildman–Crippen MR) is 90.6 cm³/mol. The van der Waals surface area contributed by atoms with E-state index in [9.17, 15) is 4.79 Å². The van der Waals surface area contributed by atoms with Gasteiger partial charge < -0.3 is 9.64 Å². The first-order valence-electron chi connectivity index (χ1n) is 8.52. The number of rotatable bonds is 6. The number of hydrogen-bond acceptors (Lipinski definition) is 4. The molecule has 0 aliphatic carbocycles. The fraction of sp³-hybridized carbons (Fsp3) is 0.500. The molecule has 3 heterocycles. The van der Waals surface area contributed by atoms with Crippen LogP contribution in [0.5, 0.6) is 0 Å². The fourth-order valence-corrected chi connectivity index (χ4v) is 3.00. The number of pyridine rings is 1. The molecule has 128 valence electrons. The van der Waals surface area contributed by atoms with Gasteiger partial charge >= 0.3 is 0 Å². The Labute approximate surface area is 142 Å². The molecule has 3 rings (SSSR count). The number of likely N-dealkylation sites (tertiary alicyclic amines) is 1. The van der Waals surface area contributed by atoms with Gasteiger partial charge in [-0.3, -0.25) is 14.5 Å². The summed E-state index contributed by atoms with van der Waals surface area (Å²) < 4.78 is 7.80.